The van der Waals surface area contributed by atoms with Gasteiger partial charge in [-0.1, -0.05) is 6.07 Å². The third kappa shape index (κ3) is 3.88. The number of rotatable bonds is 6. The summed E-state index contributed by atoms with van der Waals surface area (Å²) in [4.78, 5) is 24.3. The van der Waals surface area contributed by atoms with Gasteiger partial charge in [0.15, 0.2) is 0 Å². The maximum Gasteiger partial charge on any atom is 0.323 e. The normalized spacial score (nSPS) is 13.7. The molecule has 20 heavy (non-hydrogen) atoms. The summed E-state index contributed by atoms with van der Waals surface area (Å²) in [6.45, 7) is 2.15. The zero-order valence-corrected chi connectivity index (χ0v) is 11.3. The average Bonchev–Trinajstić information content (AvgIpc) is 3.20. The molecule has 1 aliphatic carbocycles. The minimum atomic E-state index is -1.00. The first-order chi connectivity index (χ1) is 9.60. The van der Waals surface area contributed by atoms with E-state index in [2.05, 4.69) is 5.32 Å². The van der Waals surface area contributed by atoms with E-state index in [4.69, 9.17) is 9.84 Å². The summed E-state index contributed by atoms with van der Waals surface area (Å²) < 4.78 is 5.35. The summed E-state index contributed by atoms with van der Waals surface area (Å²) in [5.41, 5.74) is 0.594. The number of benzene rings is 1. The van der Waals surface area contributed by atoms with Gasteiger partial charge in [0.25, 0.3) is 0 Å². The van der Waals surface area contributed by atoms with Gasteiger partial charge in [-0.3, -0.25) is 4.79 Å². The van der Waals surface area contributed by atoms with E-state index in [1.54, 1.807) is 24.3 Å². The molecule has 0 aromatic heterocycles. The average molecular weight is 278 g/mol. The number of carboxylic acids is 1. The first kappa shape index (κ1) is 14.2. The predicted molar refractivity (Wildman–Crippen MR) is 74.0 cm³/mol. The summed E-state index contributed by atoms with van der Waals surface area (Å²) in [7, 11) is 0. The number of carbonyl (C=O) groups is 2. The predicted octanol–water partition coefficient (Wildman–Crippen LogP) is 2.17. The highest BCUT2D eigenvalue weighted by atomic mass is 16.5. The van der Waals surface area contributed by atoms with Crippen molar-refractivity contribution in [3.05, 3.63) is 24.3 Å². The van der Waals surface area contributed by atoms with Crippen LogP contribution in [0.15, 0.2) is 24.3 Å². The van der Waals surface area contributed by atoms with Crippen molar-refractivity contribution < 1.29 is 19.4 Å². The minimum absolute atomic E-state index is 0.0428. The van der Waals surface area contributed by atoms with Gasteiger partial charge in [0, 0.05) is 17.8 Å². The number of nitrogens with zero attached hydrogens (tertiary/aromatic N) is 1. The quantitative estimate of drug-likeness (QED) is 0.835. The molecule has 6 nitrogen and oxygen atoms in total. The van der Waals surface area contributed by atoms with Gasteiger partial charge in [-0.05, 0) is 31.9 Å². The summed E-state index contributed by atoms with van der Waals surface area (Å²) in [5.74, 6) is -0.336. The van der Waals surface area contributed by atoms with Crippen LogP contribution in [0.3, 0.4) is 0 Å². The third-order valence-corrected chi connectivity index (χ3v) is 2.95. The van der Waals surface area contributed by atoms with E-state index < -0.39 is 5.97 Å². The number of ether oxygens (including phenoxy) is 1. The van der Waals surface area contributed by atoms with Crippen molar-refractivity contribution in [3.63, 3.8) is 0 Å². The highest BCUT2D eigenvalue weighted by molar-refractivity contribution is 5.92. The molecule has 1 aromatic carbocycles. The maximum absolute atomic E-state index is 12.1. The van der Waals surface area contributed by atoms with Gasteiger partial charge in [0.2, 0.25) is 0 Å². The number of nitrogens with one attached hydrogen (secondary N) is 1. The topological polar surface area (TPSA) is 78.9 Å². The maximum atomic E-state index is 12.1. The molecule has 0 radical (unpaired) electrons. The van der Waals surface area contributed by atoms with Crippen molar-refractivity contribution in [3.8, 4) is 5.75 Å². The first-order valence-electron chi connectivity index (χ1n) is 6.62. The second-order valence-electron chi connectivity index (χ2n) is 4.64. The van der Waals surface area contributed by atoms with Gasteiger partial charge in [0.1, 0.15) is 12.3 Å². The van der Waals surface area contributed by atoms with Crippen molar-refractivity contribution in [2.75, 3.05) is 18.5 Å². The van der Waals surface area contributed by atoms with Crippen LogP contribution in [0.4, 0.5) is 10.5 Å². The van der Waals surface area contributed by atoms with Crippen LogP contribution in [-0.4, -0.2) is 41.2 Å². The molecule has 0 atom stereocenters. The molecular weight excluding hydrogens is 260 g/mol. The lowest BCUT2D eigenvalue weighted by Gasteiger charge is -2.20. The molecule has 1 fully saturated rings. The molecule has 0 aliphatic heterocycles. The Morgan fingerprint density at radius 3 is 2.80 bits per heavy atom. The second-order valence-corrected chi connectivity index (χ2v) is 4.64. The van der Waals surface area contributed by atoms with Gasteiger partial charge < -0.3 is 20.1 Å². The van der Waals surface area contributed by atoms with Gasteiger partial charge >= 0.3 is 12.0 Å². The number of urea groups is 1. The number of carbonyl (C=O) groups excluding carboxylic acids is 1. The lowest BCUT2D eigenvalue weighted by molar-refractivity contribution is -0.137. The Morgan fingerprint density at radius 1 is 1.45 bits per heavy atom. The largest absolute Gasteiger partial charge is 0.494 e. The van der Waals surface area contributed by atoms with Crippen molar-refractivity contribution in [2.24, 2.45) is 0 Å². The SMILES string of the molecule is CCOc1cccc(NC(=O)N(CC(=O)O)C2CC2)c1. The van der Waals surface area contributed by atoms with Gasteiger partial charge in [-0.2, -0.15) is 0 Å². The summed E-state index contributed by atoms with van der Waals surface area (Å²) in [6.07, 6.45) is 1.72. The molecule has 1 aromatic rings. The molecule has 0 bridgehead atoms. The smallest absolute Gasteiger partial charge is 0.323 e. The lowest BCUT2D eigenvalue weighted by atomic mass is 10.3. The van der Waals surface area contributed by atoms with E-state index in [1.165, 1.54) is 4.90 Å². The van der Waals surface area contributed by atoms with E-state index in [1.807, 2.05) is 6.92 Å². The van der Waals surface area contributed by atoms with E-state index >= 15 is 0 Å². The number of amides is 2. The zero-order valence-electron chi connectivity index (χ0n) is 11.3. The molecule has 0 spiro atoms. The minimum Gasteiger partial charge on any atom is -0.494 e. The molecule has 6 heteroatoms. The van der Waals surface area contributed by atoms with Crippen LogP contribution in [0, 0.1) is 0 Å². The van der Waals surface area contributed by atoms with E-state index in [-0.39, 0.29) is 18.6 Å². The number of carboxylic acid groups (broad SMARTS) is 1. The van der Waals surface area contributed by atoms with Gasteiger partial charge in [-0.25, -0.2) is 4.79 Å². The van der Waals surface area contributed by atoms with Crippen molar-refractivity contribution in [1.82, 2.24) is 4.90 Å². The van der Waals surface area contributed by atoms with Gasteiger partial charge in [-0.15, -0.1) is 0 Å². The highest BCUT2D eigenvalue weighted by Gasteiger charge is 2.33. The van der Waals surface area contributed by atoms with Crippen LogP contribution in [0.1, 0.15) is 19.8 Å². The van der Waals surface area contributed by atoms with Crippen molar-refractivity contribution >= 4 is 17.7 Å². The van der Waals surface area contributed by atoms with E-state index in [0.29, 0.717) is 18.0 Å². The molecule has 1 aliphatic rings. The monoisotopic (exact) mass is 278 g/mol. The van der Waals surface area contributed by atoms with Crippen molar-refractivity contribution in [2.45, 2.75) is 25.8 Å². The fourth-order valence-corrected chi connectivity index (χ4v) is 1.92. The summed E-state index contributed by atoms with van der Waals surface area (Å²) >= 11 is 0. The standard InChI is InChI=1S/C14H18N2O4/c1-2-20-12-5-3-4-10(8-12)15-14(19)16(9-13(17)18)11-6-7-11/h3-5,8,11H,2,6-7,9H2,1H3,(H,15,19)(H,17,18). The van der Waals surface area contributed by atoms with E-state index in [9.17, 15) is 9.59 Å². The number of anilines is 1. The molecular formula is C14H18N2O4. The Balaban J connectivity index is 2.01. The molecule has 2 amide bonds. The molecule has 0 unspecified atom stereocenters. The molecule has 2 rings (SSSR count). The molecule has 2 N–H and O–H groups in total. The van der Waals surface area contributed by atoms with Crippen LogP contribution >= 0.6 is 0 Å². The molecule has 0 heterocycles. The first-order valence-corrected chi connectivity index (χ1v) is 6.62. The van der Waals surface area contributed by atoms with Gasteiger partial charge in [0.05, 0.1) is 6.61 Å². The van der Waals surface area contributed by atoms with Crippen LogP contribution in [0.2, 0.25) is 0 Å². The van der Waals surface area contributed by atoms with Crippen LogP contribution in [-0.2, 0) is 4.79 Å². The molecule has 0 saturated heterocycles. The summed E-state index contributed by atoms with van der Waals surface area (Å²) in [5, 5.41) is 11.6. The number of hydrogen-bond donors (Lipinski definition) is 2. The molecule has 108 valence electrons. The highest BCUT2D eigenvalue weighted by Crippen LogP contribution is 2.27. The lowest BCUT2D eigenvalue weighted by Crippen LogP contribution is -2.40. The summed E-state index contributed by atoms with van der Waals surface area (Å²) in [6, 6.07) is 6.69. The fourth-order valence-electron chi connectivity index (χ4n) is 1.92. The van der Waals surface area contributed by atoms with Crippen molar-refractivity contribution in [1.29, 1.82) is 0 Å². The Hall–Kier alpha value is -2.24. The number of hydrogen-bond acceptors (Lipinski definition) is 3. The Morgan fingerprint density at radius 2 is 2.20 bits per heavy atom. The fraction of sp³-hybridized carbons (Fsp3) is 0.429. The Labute approximate surface area is 117 Å². The zero-order chi connectivity index (χ0) is 14.5. The van der Waals surface area contributed by atoms with E-state index in [0.717, 1.165) is 12.8 Å². The van der Waals surface area contributed by atoms with Crippen LogP contribution in [0.5, 0.6) is 5.75 Å². The third-order valence-electron chi connectivity index (χ3n) is 2.95. The second kappa shape index (κ2) is 6.27. The number of aliphatic carboxylic acids is 1. The van der Waals surface area contributed by atoms with Crippen LogP contribution < -0.4 is 10.1 Å². The molecule has 1 saturated carbocycles. The Kier molecular flexibility index (Phi) is 4.45. The van der Waals surface area contributed by atoms with Crippen LogP contribution in [0.25, 0.3) is 0 Å². The Bertz CT molecular complexity index is 500.